The zero-order chi connectivity index (χ0) is 11.1. The Labute approximate surface area is 89.8 Å². The lowest BCUT2D eigenvalue weighted by Gasteiger charge is -2.22. The van der Waals surface area contributed by atoms with Crippen molar-refractivity contribution in [1.29, 1.82) is 0 Å². The Balaban J connectivity index is 3.97. The summed E-state index contributed by atoms with van der Waals surface area (Å²) < 4.78 is 5.55. The molecule has 0 saturated carbocycles. The molecule has 0 aromatic heterocycles. The number of carbonyl (C=O) groups excluding carboxylic acids is 1. The molecule has 0 unspecified atom stereocenters. The fourth-order valence-corrected chi connectivity index (χ4v) is 4.03. The molecule has 0 N–H and O–H groups in total. The average Bonchev–Trinajstić information content (AvgIpc) is 2.09. The fraction of sp³-hybridized carbons (Fsp3) is 0.818. The van der Waals surface area contributed by atoms with Gasteiger partial charge in [-0.3, -0.25) is 4.79 Å². The van der Waals surface area contributed by atoms with Gasteiger partial charge in [-0.1, -0.05) is 41.0 Å². The van der Waals surface area contributed by atoms with E-state index in [0.29, 0.717) is 17.5 Å². The van der Waals surface area contributed by atoms with Crippen molar-refractivity contribution >= 4 is 15.0 Å². The molecule has 1 radical (unpaired) electrons. The number of hydrogen-bond donors (Lipinski definition) is 0. The Morgan fingerprint density at radius 3 is 2.14 bits per heavy atom. The predicted octanol–water partition coefficient (Wildman–Crippen LogP) is 3.08. The molecular weight excluding hydrogens is 192 g/mol. The lowest BCUT2D eigenvalue weighted by Crippen LogP contribution is -2.28. The van der Waals surface area contributed by atoms with E-state index in [0.717, 1.165) is 12.8 Å². The van der Waals surface area contributed by atoms with Gasteiger partial charge in [-0.2, -0.15) is 0 Å². The number of hydrogen-bond acceptors (Lipinski definition) is 2. The van der Waals surface area contributed by atoms with Crippen LogP contribution in [0.5, 0.6) is 0 Å². The molecule has 3 heteroatoms. The summed E-state index contributed by atoms with van der Waals surface area (Å²) in [7, 11) is -1.35. The number of rotatable bonds is 6. The molecule has 0 rings (SSSR count). The zero-order valence-electron chi connectivity index (χ0n) is 9.88. The average molecular weight is 215 g/mol. The minimum Gasteiger partial charge on any atom is -0.521 e. The molecule has 0 aliphatic carbocycles. The zero-order valence-corrected chi connectivity index (χ0v) is 11.0. The van der Waals surface area contributed by atoms with Crippen molar-refractivity contribution in [3.05, 3.63) is 6.92 Å². The number of carbonyl (C=O) groups is 1. The summed E-state index contributed by atoms with van der Waals surface area (Å²) in [6.07, 6.45) is 2.19. The normalized spacial score (nSPS) is 11.4. The van der Waals surface area contributed by atoms with Crippen LogP contribution in [0, 0.1) is 6.92 Å². The van der Waals surface area contributed by atoms with Crippen LogP contribution < -0.4 is 0 Å². The van der Waals surface area contributed by atoms with Gasteiger partial charge >= 0.3 is 0 Å². The fourth-order valence-electron chi connectivity index (χ4n) is 1.52. The Morgan fingerprint density at radius 1 is 1.29 bits per heavy atom. The monoisotopic (exact) mass is 215 g/mol. The molecule has 0 aliphatic rings. The smallest absolute Gasteiger partial charge is 0.292 e. The minimum atomic E-state index is -1.35. The van der Waals surface area contributed by atoms with Gasteiger partial charge in [0.05, 0.1) is 0 Å². The Morgan fingerprint density at radius 2 is 1.79 bits per heavy atom. The molecule has 0 spiro atoms. The molecule has 0 amide bonds. The summed E-state index contributed by atoms with van der Waals surface area (Å²) in [5, 5.41) is 0. The van der Waals surface area contributed by atoms with Gasteiger partial charge in [-0.25, -0.2) is 0 Å². The maximum Gasteiger partial charge on any atom is 0.292 e. The SMILES string of the molecule is [CH2]CCCC(=O)O[SiH](C(C)C)C(C)C. The van der Waals surface area contributed by atoms with E-state index in [2.05, 4.69) is 34.6 Å². The van der Waals surface area contributed by atoms with Crippen LogP contribution in [0.25, 0.3) is 0 Å². The van der Waals surface area contributed by atoms with Crippen molar-refractivity contribution < 1.29 is 9.22 Å². The first kappa shape index (κ1) is 13.7. The van der Waals surface area contributed by atoms with Crippen LogP contribution in [0.1, 0.15) is 47.0 Å². The first-order valence-corrected chi connectivity index (χ1v) is 7.28. The molecule has 0 heterocycles. The van der Waals surface area contributed by atoms with Gasteiger partial charge in [0.25, 0.3) is 5.97 Å². The highest BCUT2D eigenvalue weighted by molar-refractivity contribution is 6.56. The standard InChI is InChI=1S/C11H23O2Si/c1-6-7-8-11(12)13-14(9(2)3)10(4)5/h9-10,14H,1,6-8H2,2-5H3. The van der Waals surface area contributed by atoms with Crippen molar-refractivity contribution in [2.75, 3.05) is 0 Å². The van der Waals surface area contributed by atoms with Crippen LogP contribution in [0.4, 0.5) is 0 Å². The first-order valence-electron chi connectivity index (χ1n) is 5.47. The molecule has 83 valence electrons. The number of unbranched alkanes of at least 4 members (excludes halogenated alkanes) is 1. The topological polar surface area (TPSA) is 26.3 Å². The van der Waals surface area contributed by atoms with Gasteiger partial charge in [0.15, 0.2) is 0 Å². The molecule has 0 aromatic carbocycles. The maximum absolute atomic E-state index is 11.4. The third-order valence-electron chi connectivity index (χ3n) is 2.21. The molecule has 2 nitrogen and oxygen atoms in total. The van der Waals surface area contributed by atoms with Gasteiger partial charge < -0.3 is 4.43 Å². The van der Waals surface area contributed by atoms with Crippen LogP contribution in [0.3, 0.4) is 0 Å². The van der Waals surface area contributed by atoms with Crippen LogP contribution in [0.15, 0.2) is 0 Å². The lowest BCUT2D eigenvalue weighted by molar-refractivity contribution is -0.135. The first-order chi connectivity index (χ1) is 6.49. The molecule has 0 aliphatic heterocycles. The summed E-state index contributed by atoms with van der Waals surface area (Å²) in [5.41, 5.74) is 1.05. The van der Waals surface area contributed by atoms with Crippen LogP contribution in [-0.2, 0) is 9.22 Å². The third kappa shape index (κ3) is 5.42. The summed E-state index contributed by atoms with van der Waals surface area (Å²) in [5.74, 6) is -0.0206. The molecule has 0 aromatic rings. The predicted molar refractivity (Wildman–Crippen MR) is 62.6 cm³/mol. The highest BCUT2D eigenvalue weighted by atomic mass is 28.3. The highest BCUT2D eigenvalue weighted by Crippen LogP contribution is 2.21. The highest BCUT2D eigenvalue weighted by Gasteiger charge is 2.24. The molecule has 0 bridgehead atoms. The minimum absolute atomic E-state index is 0.0206. The molecule has 14 heavy (non-hydrogen) atoms. The van der Waals surface area contributed by atoms with E-state index in [1.807, 2.05) is 0 Å². The summed E-state index contributed by atoms with van der Waals surface area (Å²) in [6, 6.07) is 0. The Bertz CT molecular complexity index is 159. The maximum atomic E-state index is 11.4. The Hall–Kier alpha value is -0.313. The van der Waals surface area contributed by atoms with Crippen molar-refractivity contribution in [3.63, 3.8) is 0 Å². The van der Waals surface area contributed by atoms with Gasteiger partial charge in [0.1, 0.15) is 0 Å². The van der Waals surface area contributed by atoms with E-state index in [9.17, 15) is 4.79 Å². The largest absolute Gasteiger partial charge is 0.521 e. The van der Waals surface area contributed by atoms with Crippen LogP contribution in [0.2, 0.25) is 11.1 Å². The summed E-state index contributed by atoms with van der Waals surface area (Å²) in [6.45, 7) is 12.3. The lowest BCUT2D eigenvalue weighted by atomic mass is 10.3. The molecular formula is C11H23O2Si. The van der Waals surface area contributed by atoms with E-state index in [1.165, 1.54) is 0 Å². The van der Waals surface area contributed by atoms with E-state index in [1.54, 1.807) is 0 Å². The Kier molecular flexibility index (Phi) is 6.88. The summed E-state index contributed by atoms with van der Waals surface area (Å²) in [4.78, 5) is 11.4. The van der Waals surface area contributed by atoms with Crippen molar-refractivity contribution in [3.8, 4) is 0 Å². The van der Waals surface area contributed by atoms with Crippen molar-refractivity contribution in [1.82, 2.24) is 0 Å². The van der Waals surface area contributed by atoms with Crippen molar-refractivity contribution in [2.45, 2.75) is 58.0 Å². The van der Waals surface area contributed by atoms with E-state index < -0.39 is 9.04 Å². The second-order valence-corrected chi connectivity index (χ2v) is 8.23. The van der Waals surface area contributed by atoms with Crippen molar-refractivity contribution in [2.24, 2.45) is 0 Å². The summed E-state index contributed by atoms with van der Waals surface area (Å²) >= 11 is 0. The van der Waals surface area contributed by atoms with Crippen LogP contribution >= 0.6 is 0 Å². The van der Waals surface area contributed by atoms with Gasteiger partial charge in [-0.05, 0) is 17.5 Å². The van der Waals surface area contributed by atoms with Gasteiger partial charge in [-0.15, -0.1) is 0 Å². The molecule has 0 atom stereocenters. The van der Waals surface area contributed by atoms with E-state index >= 15 is 0 Å². The molecule has 0 saturated heterocycles. The van der Waals surface area contributed by atoms with Crippen LogP contribution in [-0.4, -0.2) is 15.0 Å². The quantitative estimate of drug-likeness (QED) is 0.637. The van der Waals surface area contributed by atoms with E-state index in [-0.39, 0.29) is 5.97 Å². The third-order valence-corrected chi connectivity index (χ3v) is 5.38. The van der Waals surface area contributed by atoms with Gasteiger partial charge in [0.2, 0.25) is 9.04 Å². The molecule has 0 fully saturated rings. The second-order valence-electron chi connectivity index (χ2n) is 4.40. The van der Waals surface area contributed by atoms with E-state index in [4.69, 9.17) is 4.43 Å². The second kappa shape index (κ2) is 7.04. The van der Waals surface area contributed by atoms with Gasteiger partial charge in [0, 0.05) is 6.42 Å².